The number of aryl methyl sites for hydroxylation is 1. The summed E-state index contributed by atoms with van der Waals surface area (Å²) in [5.41, 5.74) is 4.37. The van der Waals surface area contributed by atoms with Gasteiger partial charge in [-0.15, -0.1) is 0 Å². The van der Waals surface area contributed by atoms with Crippen LogP contribution in [0.2, 0.25) is 0 Å². The van der Waals surface area contributed by atoms with E-state index in [0.29, 0.717) is 0 Å². The second kappa shape index (κ2) is 6.46. The molecule has 0 aromatic heterocycles. The van der Waals surface area contributed by atoms with Crippen LogP contribution in [0, 0.1) is 18.8 Å². The second-order valence-electron chi connectivity index (χ2n) is 7.32. The molecule has 4 rings (SSSR count). The lowest BCUT2D eigenvalue weighted by molar-refractivity contribution is 0.246. The van der Waals surface area contributed by atoms with Crippen LogP contribution in [0.25, 0.3) is 0 Å². The van der Waals surface area contributed by atoms with Crippen molar-refractivity contribution in [1.82, 2.24) is 9.80 Å². The van der Waals surface area contributed by atoms with Gasteiger partial charge >= 0.3 is 0 Å². The molecule has 0 saturated carbocycles. The molecule has 0 radical (unpaired) electrons. The third kappa shape index (κ3) is 3.34. The van der Waals surface area contributed by atoms with Crippen LogP contribution in [0.4, 0.5) is 0 Å². The molecule has 0 N–H and O–H groups in total. The molecule has 2 heteroatoms. The first-order valence-corrected chi connectivity index (χ1v) is 8.81. The predicted octanol–water partition coefficient (Wildman–Crippen LogP) is 3.56. The lowest BCUT2D eigenvalue weighted by atomic mass is 10.0. The summed E-state index contributed by atoms with van der Waals surface area (Å²) in [5.74, 6) is 1.73. The molecule has 0 spiro atoms. The molecular weight excluding hydrogens is 280 g/mol. The quantitative estimate of drug-likeness (QED) is 0.852. The topological polar surface area (TPSA) is 6.48 Å². The average molecular weight is 306 g/mol. The van der Waals surface area contributed by atoms with E-state index in [9.17, 15) is 0 Å². The summed E-state index contributed by atoms with van der Waals surface area (Å²) in [6.07, 6.45) is 0. The van der Waals surface area contributed by atoms with Gasteiger partial charge in [-0.2, -0.15) is 0 Å². The smallest absolute Gasteiger partial charge is 0.0236 e. The summed E-state index contributed by atoms with van der Waals surface area (Å²) < 4.78 is 0. The maximum Gasteiger partial charge on any atom is 0.0236 e. The first-order valence-electron chi connectivity index (χ1n) is 8.81. The fourth-order valence-electron chi connectivity index (χ4n) is 4.32. The summed E-state index contributed by atoms with van der Waals surface area (Å²) in [6.45, 7) is 9.54. The lowest BCUT2D eigenvalue weighted by Crippen LogP contribution is -2.28. The van der Waals surface area contributed by atoms with E-state index >= 15 is 0 Å². The Morgan fingerprint density at radius 1 is 0.739 bits per heavy atom. The highest BCUT2D eigenvalue weighted by molar-refractivity contribution is 5.25. The van der Waals surface area contributed by atoms with Crippen molar-refractivity contribution < 1.29 is 0 Å². The molecule has 2 aromatic carbocycles. The molecule has 0 amide bonds. The van der Waals surface area contributed by atoms with Crippen molar-refractivity contribution in [2.45, 2.75) is 20.0 Å². The van der Waals surface area contributed by atoms with Crippen LogP contribution in [-0.2, 0) is 13.1 Å². The van der Waals surface area contributed by atoms with E-state index in [4.69, 9.17) is 0 Å². The Hall–Kier alpha value is -1.64. The number of hydrogen-bond donors (Lipinski definition) is 0. The van der Waals surface area contributed by atoms with Crippen LogP contribution in [-0.4, -0.2) is 36.0 Å². The van der Waals surface area contributed by atoms with E-state index in [1.165, 1.54) is 42.9 Å². The summed E-state index contributed by atoms with van der Waals surface area (Å²) in [7, 11) is 0. The minimum Gasteiger partial charge on any atom is -0.298 e. The average Bonchev–Trinajstić information content (AvgIpc) is 3.08. The lowest BCUT2D eigenvalue weighted by Gasteiger charge is -2.22. The third-order valence-electron chi connectivity index (χ3n) is 5.54. The van der Waals surface area contributed by atoms with E-state index in [-0.39, 0.29) is 0 Å². The molecule has 2 unspecified atom stereocenters. The van der Waals surface area contributed by atoms with Crippen molar-refractivity contribution in [2.24, 2.45) is 11.8 Å². The predicted molar refractivity (Wildman–Crippen MR) is 95.2 cm³/mol. The van der Waals surface area contributed by atoms with Crippen LogP contribution in [0.5, 0.6) is 0 Å². The Balaban J connectivity index is 1.32. The van der Waals surface area contributed by atoms with Crippen molar-refractivity contribution in [3.05, 3.63) is 71.3 Å². The van der Waals surface area contributed by atoms with Gasteiger partial charge in [0.1, 0.15) is 0 Å². The molecule has 2 atom stereocenters. The second-order valence-corrected chi connectivity index (χ2v) is 7.32. The molecule has 0 aliphatic carbocycles. The number of rotatable bonds is 4. The zero-order valence-electron chi connectivity index (χ0n) is 14.0. The molecule has 120 valence electrons. The maximum atomic E-state index is 2.66. The van der Waals surface area contributed by atoms with E-state index in [1.54, 1.807) is 0 Å². The van der Waals surface area contributed by atoms with E-state index in [1.807, 2.05) is 0 Å². The Kier molecular flexibility index (Phi) is 4.19. The zero-order valence-corrected chi connectivity index (χ0v) is 14.0. The largest absolute Gasteiger partial charge is 0.298 e. The highest BCUT2D eigenvalue weighted by Gasteiger charge is 2.39. The highest BCUT2D eigenvalue weighted by atomic mass is 15.2. The van der Waals surface area contributed by atoms with Gasteiger partial charge in [0.05, 0.1) is 0 Å². The number of nitrogens with zero attached hydrogens (tertiary/aromatic N) is 2. The van der Waals surface area contributed by atoms with Crippen molar-refractivity contribution >= 4 is 0 Å². The molecule has 2 aromatic rings. The fourth-order valence-corrected chi connectivity index (χ4v) is 4.32. The molecule has 2 saturated heterocycles. The first kappa shape index (κ1) is 14.9. The summed E-state index contributed by atoms with van der Waals surface area (Å²) in [4.78, 5) is 5.31. The fraction of sp³-hybridized carbons (Fsp3) is 0.429. The van der Waals surface area contributed by atoms with Gasteiger partial charge < -0.3 is 0 Å². The van der Waals surface area contributed by atoms with Crippen LogP contribution in [0.1, 0.15) is 16.7 Å². The molecule has 2 nitrogen and oxygen atoms in total. The number of hydrogen-bond acceptors (Lipinski definition) is 2. The first-order chi connectivity index (χ1) is 11.3. The zero-order chi connectivity index (χ0) is 15.6. The maximum absolute atomic E-state index is 2.66. The normalized spacial score (nSPS) is 24.9. The van der Waals surface area contributed by atoms with Crippen LogP contribution in [0.3, 0.4) is 0 Å². The molecule has 2 aliphatic rings. The Morgan fingerprint density at radius 3 is 1.96 bits per heavy atom. The monoisotopic (exact) mass is 306 g/mol. The number of likely N-dealkylation sites (tertiary alicyclic amines) is 2. The van der Waals surface area contributed by atoms with Crippen LogP contribution < -0.4 is 0 Å². The Labute approximate surface area is 139 Å². The Bertz CT molecular complexity index is 638. The van der Waals surface area contributed by atoms with E-state index in [2.05, 4.69) is 71.3 Å². The molecule has 0 bridgehead atoms. The molecule has 2 fully saturated rings. The van der Waals surface area contributed by atoms with Crippen molar-refractivity contribution in [2.75, 3.05) is 26.2 Å². The summed E-state index contributed by atoms with van der Waals surface area (Å²) >= 11 is 0. The van der Waals surface area contributed by atoms with Gasteiger partial charge in [0.15, 0.2) is 0 Å². The van der Waals surface area contributed by atoms with E-state index in [0.717, 1.165) is 24.9 Å². The SMILES string of the molecule is Cc1ccccc1CN1CC2CN(Cc3ccccc3)CC2C1. The van der Waals surface area contributed by atoms with Gasteiger partial charge in [-0.3, -0.25) is 9.80 Å². The van der Waals surface area contributed by atoms with Gasteiger partial charge in [-0.05, 0) is 35.4 Å². The van der Waals surface area contributed by atoms with Gasteiger partial charge in [0, 0.05) is 39.3 Å². The van der Waals surface area contributed by atoms with Crippen molar-refractivity contribution in [3.63, 3.8) is 0 Å². The molecule has 2 aliphatic heterocycles. The van der Waals surface area contributed by atoms with Crippen molar-refractivity contribution in [1.29, 1.82) is 0 Å². The number of benzene rings is 2. The van der Waals surface area contributed by atoms with Gasteiger partial charge in [0.2, 0.25) is 0 Å². The molecule has 23 heavy (non-hydrogen) atoms. The minimum atomic E-state index is 0.864. The molecule has 2 heterocycles. The van der Waals surface area contributed by atoms with Crippen molar-refractivity contribution in [3.8, 4) is 0 Å². The highest BCUT2D eigenvalue weighted by Crippen LogP contribution is 2.32. The number of fused-ring (bicyclic) bond motifs is 1. The standard InChI is InChI=1S/C21H26N2/c1-17-7-5-6-10-19(17)12-23-15-20-13-22(14-21(20)16-23)11-18-8-3-2-4-9-18/h2-10,20-21H,11-16H2,1H3. The van der Waals surface area contributed by atoms with Gasteiger partial charge in [0.25, 0.3) is 0 Å². The molecular formula is C21H26N2. The summed E-state index contributed by atoms with van der Waals surface area (Å²) in [5, 5.41) is 0. The van der Waals surface area contributed by atoms with Gasteiger partial charge in [-0.25, -0.2) is 0 Å². The summed E-state index contributed by atoms with van der Waals surface area (Å²) in [6, 6.07) is 19.7. The van der Waals surface area contributed by atoms with Crippen LogP contribution in [0.15, 0.2) is 54.6 Å². The minimum absolute atomic E-state index is 0.864. The van der Waals surface area contributed by atoms with E-state index < -0.39 is 0 Å². The third-order valence-corrected chi connectivity index (χ3v) is 5.54. The van der Waals surface area contributed by atoms with Gasteiger partial charge in [-0.1, -0.05) is 54.6 Å². The van der Waals surface area contributed by atoms with Crippen LogP contribution >= 0.6 is 0 Å². The Morgan fingerprint density at radius 2 is 1.30 bits per heavy atom.